The van der Waals surface area contributed by atoms with Crippen molar-refractivity contribution in [2.45, 2.75) is 46.0 Å². The third-order valence-corrected chi connectivity index (χ3v) is 5.91. The van der Waals surface area contributed by atoms with Gasteiger partial charge in [-0.25, -0.2) is 0 Å². The van der Waals surface area contributed by atoms with E-state index in [-0.39, 0.29) is 0 Å². The van der Waals surface area contributed by atoms with Crippen molar-refractivity contribution in [1.29, 1.82) is 0 Å². The summed E-state index contributed by atoms with van der Waals surface area (Å²) in [4.78, 5) is 0. The van der Waals surface area contributed by atoms with Gasteiger partial charge < -0.3 is 5.32 Å². The Bertz CT molecular complexity index is 482. The molecule has 3 rings (SSSR count). The van der Waals surface area contributed by atoms with Crippen LogP contribution in [-0.2, 0) is 12.8 Å². The molecule has 0 saturated carbocycles. The molecule has 2 heteroatoms. The van der Waals surface area contributed by atoms with E-state index < -0.39 is 0 Å². The number of hydrogen-bond acceptors (Lipinski definition) is 1. The highest BCUT2D eigenvalue weighted by atomic mass is 79.9. The normalized spacial score (nSPS) is 29.7. The SMILES string of the molecule is CC(C)CC1CNCCC12CCc1cc(Br)ccc1C2. The lowest BCUT2D eigenvalue weighted by atomic mass is 9.59. The van der Waals surface area contributed by atoms with Gasteiger partial charge in [0.2, 0.25) is 0 Å². The molecule has 0 amide bonds. The van der Waals surface area contributed by atoms with Gasteiger partial charge in [-0.05, 0) is 85.7 Å². The average molecular weight is 336 g/mol. The minimum absolute atomic E-state index is 0.566. The van der Waals surface area contributed by atoms with Crippen LogP contribution in [-0.4, -0.2) is 13.1 Å². The predicted octanol–water partition coefficient (Wildman–Crippen LogP) is 4.58. The molecule has 1 N–H and O–H groups in total. The van der Waals surface area contributed by atoms with Crippen LogP contribution in [0.2, 0.25) is 0 Å². The first-order valence-corrected chi connectivity index (χ1v) is 8.86. The zero-order chi connectivity index (χ0) is 14.2. The summed E-state index contributed by atoms with van der Waals surface area (Å²) in [6.07, 6.45) is 6.69. The van der Waals surface area contributed by atoms with E-state index in [1.807, 2.05) is 0 Å². The van der Waals surface area contributed by atoms with Crippen LogP contribution in [0.15, 0.2) is 22.7 Å². The maximum Gasteiger partial charge on any atom is 0.0178 e. The molecule has 1 aromatic carbocycles. The van der Waals surface area contributed by atoms with E-state index in [9.17, 15) is 0 Å². The molecule has 0 radical (unpaired) electrons. The van der Waals surface area contributed by atoms with Gasteiger partial charge in [0.15, 0.2) is 0 Å². The van der Waals surface area contributed by atoms with Crippen LogP contribution in [0.25, 0.3) is 0 Å². The maximum atomic E-state index is 3.64. The van der Waals surface area contributed by atoms with Crippen LogP contribution in [0.3, 0.4) is 0 Å². The van der Waals surface area contributed by atoms with Gasteiger partial charge in [-0.1, -0.05) is 35.8 Å². The number of rotatable bonds is 2. The van der Waals surface area contributed by atoms with Crippen molar-refractivity contribution in [3.05, 3.63) is 33.8 Å². The third kappa shape index (κ3) is 2.82. The first-order valence-electron chi connectivity index (χ1n) is 8.07. The van der Waals surface area contributed by atoms with Crippen molar-refractivity contribution >= 4 is 15.9 Å². The molecule has 1 heterocycles. The Morgan fingerprint density at radius 2 is 2.15 bits per heavy atom. The average Bonchev–Trinajstić information content (AvgIpc) is 2.42. The number of nitrogens with one attached hydrogen (secondary N) is 1. The zero-order valence-electron chi connectivity index (χ0n) is 12.7. The molecule has 2 unspecified atom stereocenters. The van der Waals surface area contributed by atoms with Gasteiger partial charge in [-0.3, -0.25) is 0 Å². The number of piperidine rings is 1. The Hall–Kier alpha value is -0.340. The predicted molar refractivity (Wildman–Crippen MR) is 89.0 cm³/mol. The monoisotopic (exact) mass is 335 g/mol. The molecule has 110 valence electrons. The van der Waals surface area contributed by atoms with Gasteiger partial charge >= 0.3 is 0 Å². The van der Waals surface area contributed by atoms with Gasteiger partial charge in [0.05, 0.1) is 0 Å². The summed E-state index contributed by atoms with van der Waals surface area (Å²) in [6, 6.07) is 6.91. The highest BCUT2D eigenvalue weighted by molar-refractivity contribution is 9.10. The molecular formula is C18H26BrN. The molecule has 1 fully saturated rings. The van der Waals surface area contributed by atoms with Crippen molar-refractivity contribution < 1.29 is 0 Å². The molecule has 2 aliphatic rings. The van der Waals surface area contributed by atoms with Crippen molar-refractivity contribution in [3.63, 3.8) is 0 Å². The number of fused-ring (bicyclic) bond motifs is 1. The number of benzene rings is 1. The lowest BCUT2D eigenvalue weighted by Gasteiger charge is -2.48. The van der Waals surface area contributed by atoms with Crippen LogP contribution in [0.5, 0.6) is 0 Å². The summed E-state index contributed by atoms with van der Waals surface area (Å²) < 4.78 is 1.23. The molecular weight excluding hydrogens is 310 g/mol. The highest BCUT2D eigenvalue weighted by Gasteiger charge is 2.42. The van der Waals surface area contributed by atoms with Crippen LogP contribution in [0, 0.1) is 17.3 Å². The van der Waals surface area contributed by atoms with E-state index in [1.54, 1.807) is 11.1 Å². The molecule has 1 nitrogen and oxygen atoms in total. The molecule has 1 saturated heterocycles. The summed E-state index contributed by atoms with van der Waals surface area (Å²) in [5, 5.41) is 3.64. The van der Waals surface area contributed by atoms with Gasteiger partial charge in [0.25, 0.3) is 0 Å². The molecule has 0 aromatic heterocycles. The smallest absolute Gasteiger partial charge is 0.0178 e. The summed E-state index contributed by atoms with van der Waals surface area (Å²) in [5.74, 6) is 1.66. The second-order valence-corrected chi connectivity index (χ2v) is 8.15. The maximum absolute atomic E-state index is 3.64. The summed E-state index contributed by atoms with van der Waals surface area (Å²) in [6.45, 7) is 7.18. The Kier molecular flexibility index (Phi) is 4.24. The highest BCUT2D eigenvalue weighted by Crippen LogP contribution is 2.47. The first kappa shape index (κ1) is 14.6. The standard InChI is InChI=1S/C18H26BrN/c1-13(2)9-16-12-20-8-7-18(16)6-5-14-10-17(19)4-3-15(14)11-18/h3-4,10,13,16,20H,5-9,11-12H2,1-2H3. The zero-order valence-corrected chi connectivity index (χ0v) is 14.3. The van der Waals surface area contributed by atoms with E-state index in [2.05, 4.69) is 53.3 Å². The largest absolute Gasteiger partial charge is 0.316 e. The van der Waals surface area contributed by atoms with Crippen LogP contribution in [0.1, 0.15) is 44.2 Å². The van der Waals surface area contributed by atoms with Crippen molar-refractivity contribution in [1.82, 2.24) is 5.32 Å². The molecule has 20 heavy (non-hydrogen) atoms. The van der Waals surface area contributed by atoms with Crippen LogP contribution < -0.4 is 5.32 Å². The number of hydrogen-bond donors (Lipinski definition) is 1. The Balaban J connectivity index is 1.86. The summed E-state index contributed by atoms with van der Waals surface area (Å²) >= 11 is 3.61. The fourth-order valence-electron chi connectivity index (χ4n) is 4.35. The topological polar surface area (TPSA) is 12.0 Å². The summed E-state index contributed by atoms with van der Waals surface area (Å²) in [5.41, 5.74) is 3.75. The minimum atomic E-state index is 0.566. The second-order valence-electron chi connectivity index (χ2n) is 7.23. The third-order valence-electron chi connectivity index (χ3n) is 5.42. The van der Waals surface area contributed by atoms with Gasteiger partial charge in [-0.2, -0.15) is 0 Å². The van der Waals surface area contributed by atoms with E-state index >= 15 is 0 Å². The van der Waals surface area contributed by atoms with Crippen molar-refractivity contribution in [2.75, 3.05) is 13.1 Å². The van der Waals surface area contributed by atoms with Gasteiger partial charge in [0, 0.05) is 4.47 Å². The fraction of sp³-hybridized carbons (Fsp3) is 0.667. The lowest BCUT2D eigenvalue weighted by molar-refractivity contribution is 0.0721. The van der Waals surface area contributed by atoms with E-state index in [0.717, 1.165) is 11.8 Å². The lowest BCUT2D eigenvalue weighted by Crippen LogP contribution is -2.48. The molecule has 1 spiro atoms. The van der Waals surface area contributed by atoms with Gasteiger partial charge in [-0.15, -0.1) is 0 Å². The van der Waals surface area contributed by atoms with E-state index in [4.69, 9.17) is 0 Å². The Morgan fingerprint density at radius 1 is 1.30 bits per heavy atom. The van der Waals surface area contributed by atoms with Crippen molar-refractivity contribution in [2.24, 2.45) is 17.3 Å². The van der Waals surface area contributed by atoms with Gasteiger partial charge in [0.1, 0.15) is 0 Å². The second kappa shape index (κ2) is 5.81. The molecule has 0 bridgehead atoms. The van der Waals surface area contributed by atoms with Crippen molar-refractivity contribution in [3.8, 4) is 0 Å². The van der Waals surface area contributed by atoms with Crippen LogP contribution >= 0.6 is 15.9 Å². The van der Waals surface area contributed by atoms with Crippen LogP contribution in [0.4, 0.5) is 0 Å². The number of aryl methyl sites for hydroxylation is 1. The number of halogens is 1. The van der Waals surface area contributed by atoms with E-state index in [0.29, 0.717) is 5.41 Å². The summed E-state index contributed by atoms with van der Waals surface area (Å²) in [7, 11) is 0. The fourth-order valence-corrected chi connectivity index (χ4v) is 4.76. The van der Waals surface area contributed by atoms with E-state index in [1.165, 1.54) is 49.7 Å². The quantitative estimate of drug-likeness (QED) is 0.834. The Labute approximate surface area is 131 Å². The minimum Gasteiger partial charge on any atom is -0.316 e. The Morgan fingerprint density at radius 3 is 2.95 bits per heavy atom. The molecule has 2 atom stereocenters. The molecule has 1 aromatic rings. The molecule has 1 aliphatic heterocycles. The molecule has 1 aliphatic carbocycles. The first-order chi connectivity index (χ1) is 9.59.